The van der Waals surface area contributed by atoms with Crippen LogP contribution in [0, 0.1) is 0 Å². The number of halogens is 2. The Morgan fingerprint density at radius 3 is 2.62 bits per heavy atom. The van der Waals surface area contributed by atoms with Gasteiger partial charge in [-0.25, -0.2) is 0 Å². The molecular formula is C19H20Cl2N2O. The molecule has 0 fully saturated rings. The van der Waals surface area contributed by atoms with Crippen LogP contribution in [0.4, 0.5) is 0 Å². The van der Waals surface area contributed by atoms with E-state index in [2.05, 4.69) is 28.8 Å². The largest absolute Gasteiger partial charge is 0.352 e. The molecule has 3 rings (SSSR count). The van der Waals surface area contributed by atoms with E-state index in [9.17, 15) is 4.79 Å². The van der Waals surface area contributed by atoms with Gasteiger partial charge in [-0.05, 0) is 47.2 Å². The summed E-state index contributed by atoms with van der Waals surface area (Å²) in [5, 5.41) is 7.43. The summed E-state index contributed by atoms with van der Waals surface area (Å²) in [4.78, 5) is 12.0. The van der Waals surface area contributed by atoms with Crippen LogP contribution in [0.3, 0.4) is 0 Å². The van der Waals surface area contributed by atoms with Crippen molar-refractivity contribution in [2.24, 2.45) is 0 Å². The lowest BCUT2D eigenvalue weighted by molar-refractivity contribution is -0.121. The van der Waals surface area contributed by atoms with E-state index in [-0.39, 0.29) is 5.91 Å². The highest BCUT2D eigenvalue weighted by Gasteiger charge is 2.10. The maximum absolute atomic E-state index is 12.0. The maximum atomic E-state index is 12.0. The van der Waals surface area contributed by atoms with E-state index >= 15 is 0 Å². The van der Waals surface area contributed by atoms with E-state index in [0.29, 0.717) is 23.0 Å². The Bertz CT molecular complexity index is 746. The van der Waals surface area contributed by atoms with Gasteiger partial charge in [-0.15, -0.1) is 0 Å². The first-order chi connectivity index (χ1) is 11.6. The van der Waals surface area contributed by atoms with Crippen molar-refractivity contribution >= 4 is 29.1 Å². The molecule has 126 valence electrons. The molecule has 24 heavy (non-hydrogen) atoms. The van der Waals surface area contributed by atoms with E-state index in [1.165, 1.54) is 11.1 Å². The van der Waals surface area contributed by atoms with Crippen LogP contribution in [0.25, 0.3) is 0 Å². The van der Waals surface area contributed by atoms with Crippen LogP contribution >= 0.6 is 23.2 Å². The van der Waals surface area contributed by atoms with E-state index in [4.69, 9.17) is 23.2 Å². The van der Waals surface area contributed by atoms with Crippen LogP contribution in [0.15, 0.2) is 36.4 Å². The molecule has 0 spiro atoms. The fourth-order valence-corrected chi connectivity index (χ4v) is 3.22. The minimum absolute atomic E-state index is 0.0775. The second-order valence-corrected chi connectivity index (χ2v) is 6.90. The lowest BCUT2D eigenvalue weighted by Crippen LogP contribution is -2.22. The van der Waals surface area contributed by atoms with Gasteiger partial charge in [-0.2, -0.15) is 0 Å². The summed E-state index contributed by atoms with van der Waals surface area (Å²) in [6.45, 7) is 2.44. The van der Waals surface area contributed by atoms with Gasteiger partial charge in [0.15, 0.2) is 0 Å². The third-order valence-corrected chi connectivity index (χ3v) is 4.98. The molecule has 0 aliphatic carbocycles. The van der Waals surface area contributed by atoms with E-state index < -0.39 is 0 Å². The van der Waals surface area contributed by atoms with Crippen molar-refractivity contribution < 1.29 is 4.79 Å². The van der Waals surface area contributed by atoms with Crippen molar-refractivity contribution in [3.63, 3.8) is 0 Å². The Morgan fingerprint density at radius 1 is 1.00 bits per heavy atom. The molecular weight excluding hydrogens is 343 g/mol. The van der Waals surface area contributed by atoms with Crippen LogP contribution < -0.4 is 10.6 Å². The smallest absolute Gasteiger partial charge is 0.220 e. The first-order valence-corrected chi connectivity index (χ1v) is 8.89. The normalized spacial score (nSPS) is 12.9. The molecule has 2 aromatic carbocycles. The molecule has 2 N–H and O–H groups in total. The quantitative estimate of drug-likeness (QED) is 0.806. The fourth-order valence-electron chi connectivity index (χ4n) is 2.90. The van der Waals surface area contributed by atoms with Gasteiger partial charge in [-0.1, -0.05) is 47.5 Å². The molecule has 0 bridgehead atoms. The van der Waals surface area contributed by atoms with Crippen molar-refractivity contribution in [1.29, 1.82) is 0 Å². The highest BCUT2D eigenvalue weighted by atomic mass is 35.5. The van der Waals surface area contributed by atoms with Crippen molar-refractivity contribution in [3.8, 4) is 0 Å². The molecule has 0 radical (unpaired) electrons. The van der Waals surface area contributed by atoms with Gasteiger partial charge in [0, 0.05) is 26.1 Å². The number of amides is 1. The number of carbonyl (C=O) groups is 1. The number of benzene rings is 2. The molecule has 0 atom stereocenters. The zero-order valence-corrected chi connectivity index (χ0v) is 14.9. The van der Waals surface area contributed by atoms with Crippen LogP contribution in [0.2, 0.25) is 10.0 Å². The second-order valence-electron chi connectivity index (χ2n) is 6.09. The Kier molecular flexibility index (Phi) is 5.77. The second kappa shape index (κ2) is 8.02. The molecule has 5 heteroatoms. The molecule has 3 nitrogen and oxygen atoms in total. The number of hydrogen-bond donors (Lipinski definition) is 2. The predicted molar refractivity (Wildman–Crippen MR) is 98.2 cm³/mol. The summed E-state index contributed by atoms with van der Waals surface area (Å²) in [5.41, 5.74) is 4.94. The molecule has 2 aromatic rings. The lowest BCUT2D eigenvalue weighted by Gasteiger charge is -2.07. The van der Waals surface area contributed by atoms with Crippen molar-refractivity contribution in [3.05, 3.63) is 68.7 Å². The summed E-state index contributed by atoms with van der Waals surface area (Å²) in [6.07, 6.45) is 2.11. The third kappa shape index (κ3) is 4.50. The molecule has 0 saturated carbocycles. The van der Waals surface area contributed by atoms with Gasteiger partial charge in [0.05, 0.1) is 10.0 Å². The summed E-state index contributed by atoms with van der Waals surface area (Å²) in [6, 6.07) is 12.0. The average Bonchev–Trinajstić information content (AvgIpc) is 3.04. The zero-order valence-electron chi connectivity index (χ0n) is 13.4. The molecule has 1 heterocycles. The Hall–Kier alpha value is -1.55. The van der Waals surface area contributed by atoms with Crippen LogP contribution in [0.5, 0.6) is 0 Å². The number of aryl methyl sites for hydroxylation is 1. The molecule has 1 aliphatic rings. The maximum Gasteiger partial charge on any atom is 0.220 e. The highest BCUT2D eigenvalue weighted by Crippen LogP contribution is 2.23. The fraction of sp³-hybridized carbons (Fsp3) is 0.316. The van der Waals surface area contributed by atoms with Gasteiger partial charge in [-0.3, -0.25) is 4.79 Å². The monoisotopic (exact) mass is 362 g/mol. The molecule has 1 amide bonds. The Labute approximate surface area is 152 Å². The van der Waals surface area contributed by atoms with Gasteiger partial charge < -0.3 is 10.6 Å². The Balaban J connectivity index is 1.42. The minimum Gasteiger partial charge on any atom is -0.352 e. The van der Waals surface area contributed by atoms with Crippen molar-refractivity contribution in [2.45, 2.75) is 38.9 Å². The minimum atomic E-state index is 0.0775. The lowest BCUT2D eigenvalue weighted by atomic mass is 10.1. The average molecular weight is 363 g/mol. The van der Waals surface area contributed by atoms with Crippen LogP contribution in [0.1, 0.15) is 35.1 Å². The first kappa shape index (κ1) is 17.3. The predicted octanol–water partition coefficient (Wildman–Crippen LogP) is 4.24. The van der Waals surface area contributed by atoms with Gasteiger partial charge in [0.2, 0.25) is 5.91 Å². The Morgan fingerprint density at radius 2 is 1.79 bits per heavy atom. The number of carbonyl (C=O) groups excluding carboxylic acids is 1. The number of fused-ring (bicyclic) bond motifs is 1. The van der Waals surface area contributed by atoms with E-state index in [1.807, 2.05) is 12.1 Å². The zero-order chi connectivity index (χ0) is 16.9. The number of nitrogens with one attached hydrogen (secondary N) is 2. The van der Waals surface area contributed by atoms with Crippen LogP contribution in [-0.2, 0) is 30.8 Å². The highest BCUT2D eigenvalue weighted by molar-refractivity contribution is 6.42. The summed E-state index contributed by atoms with van der Waals surface area (Å²) in [5.74, 6) is 0.0775. The van der Waals surface area contributed by atoms with Gasteiger partial charge >= 0.3 is 0 Å². The molecule has 1 aliphatic heterocycles. The summed E-state index contributed by atoms with van der Waals surface area (Å²) in [7, 11) is 0. The van der Waals surface area contributed by atoms with Crippen molar-refractivity contribution in [2.75, 3.05) is 0 Å². The molecule has 0 aromatic heterocycles. The number of hydrogen-bond acceptors (Lipinski definition) is 2. The first-order valence-electron chi connectivity index (χ1n) is 8.14. The number of rotatable bonds is 6. The van der Waals surface area contributed by atoms with Gasteiger partial charge in [0.25, 0.3) is 0 Å². The summed E-state index contributed by atoms with van der Waals surface area (Å²) >= 11 is 11.9. The van der Waals surface area contributed by atoms with Gasteiger partial charge in [0.1, 0.15) is 0 Å². The topological polar surface area (TPSA) is 41.1 Å². The molecule has 0 unspecified atom stereocenters. The van der Waals surface area contributed by atoms with Crippen molar-refractivity contribution in [1.82, 2.24) is 10.6 Å². The SMILES string of the molecule is O=C(CCCc1ccc(Cl)c(Cl)c1)NCc1ccc2c(c1)CNC2. The standard InChI is InChI=1S/C19H20Cl2N2O/c20-17-7-5-13(9-18(17)21)2-1-3-19(24)23-10-14-4-6-15-11-22-12-16(15)8-14/h4-9,22H,1-3,10-12H2,(H,23,24). The van der Waals surface area contributed by atoms with E-state index in [0.717, 1.165) is 37.1 Å². The molecule has 0 saturated heterocycles. The summed E-state index contributed by atoms with van der Waals surface area (Å²) < 4.78 is 0. The van der Waals surface area contributed by atoms with Crippen LogP contribution in [-0.4, -0.2) is 5.91 Å². The third-order valence-electron chi connectivity index (χ3n) is 4.24. The van der Waals surface area contributed by atoms with E-state index in [1.54, 1.807) is 6.07 Å².